The van der Waals surface area contributed by atoms with Crippen molar-refractivity contribution in [2.45, 2.75) is 127 Å². The summed E-state index contributed by atoms with van der Waals surface area (Å²) in [5, 5.41) is 0. The molecule has 0 saturated carbocycles. The Bertz CT molecular complexity index is 614. The third kappa shape index (κ3) is 15.0. The fraction of sp³-hybridized carbons (Fsp3) is 0.760. The molecule has 0 radical (unpaired) electrons. The first-order chi connectivity index (χ1) is 13.9. The van der Waals surface area contributed by atoms with Crippen LogP contribution >= 0.6 is 0 Å². The van der Waals surface area contributed by atoms with Crippen molar-refractivity contribution in [1.29, 1.82) is 0 Å². The second-order valence-electron chi connectivity index (χ2n) is 8.68. The van der Waals surface area contributed by atoms with Crippen LogP contribution in [0.4, 0.5) is 0 Å². The number of rotatable bonds is 18. The monoisotopic (exact) mass is 448 g/mol. The van der Waals surface area contributed by atoms with Crippen molar-refractivity contribution in [3.63, 3.8) is 0 Å². The van der Waals surface area contributed by atoms with E-state index in [1.807, 2.05) is 12.1 Å². The normalized spacial score (nSPS) is 12.5. The van der Waals surface area contributed by atoms with Crippen LogP contribution in [0.3, 0.4) is 0 Å². The van der Waals surface area contributed by atoms with Crippen molar-refractivity contribution in [1.82, 2.24) is 0 Å². The first-order valence-corrected chi connectivity index (χ1v) is 13.5. The summed E-state index contributed by atoms with van der Waals surface area (Å²) in [6, 6.07) is 6.62. The van der Waals surface area contributed by atoms with Gasteiger partial charge < -0.3 is 0 Å². The van der Waals surface area contributed by atoms with Gasteiger partial charge in [0, 0.05) is 0 Å². The van der Waals surface area contributed by atoms with Gasteiger partial charge in [-0.05, 0) is 30.0 Å². The SMILES string of the molecule is CCCCCCCCCCCCCCCCCC(C)c1ccc(S(=O)(=O)O)cc1.[NaH]. The molecular weight excluding hydrogens is 403 g/mol. The Balaban J connectivity index is 0.00000841. The van der Waals surface area contributed by atoms with Crippen LogP contribution in [0, 0.1) is 0 Å². The van der Waals surface area contributed by atoms with Gasteiger partial charge in [0.1, 0.15) is 0 Å². The second-order valence-corrected chi connectivity index (χ2v) is 10.1. The van der Waals surface area contributed by atoms with Gasteiger partial charge in [-0.25, -0.2) is 0 Å². The molecular formula is C25H45NaO3S. The van der Waals surface area contributed by atoms with E-state index in [0.717, 1.165) is 12.0 Å². The summed E-state index contributed by atoms with van der Waals surface area (Å²) in [6.45, 7) is 4.46. The Labute approximate surface area is 208 Å². The van der Waals surface area contributed by atoms with Gasteiger partial charge in [-0.15, -0.1) is 0 Å². The van der Waals surface area contributed by atoms with E-state index < -0.39 is 10.1 Å². The van der Waals surface area contributed by atoms with Gasteiger partial charge in [-0.1, -0.05) is 122 Å². The minimum absolute atomic E-state index is 0. The van der Waals surface area contributed by atoms with Crippen LogP contribution in [0.2, 0.25) is 0 Å². The quantitative estimate of drug-likeness (QED) is 0.142. The molecule has 30 heavy (non-hydrogen) atoms. The number of hydrogen-bond donors (Lipinski definition) is 1. The fourth-order valence-corrected chi connectivity index (χ4v) is 4.44. The van der Waals surface area contributed by atoms with Crippen molar-refractivity contribution in [3.05, 3.63) is 29.8 Å². The third-order valence-electron chi connectivity index (χ3n) is 5.99. The number of hydrogen-bond acceptors (Lipinski definition) is 2. The summed E-state index contributed by atoms with van der Waals surface area (Å²) in [5.74, 6) is 0.424. The van der Waals surface area contributed by atoms with E-state index in [9.17, 15) is 8.42 Å². The maximum atomic E-state index is 11.1. The molecule has 1 unspecified atom stereocenters. The summed E-state index contributed by atoms with van der Waals surface area (Å²) < 4.78 is 31.2. The second kappa shape index (κ2) is 18.7. The Kier molecular flexibility index (Phi) is 18.8. The molecule has 0 fully saturated rings. The van der Waals surface area contributed by atoms with Crippen LogP contribution in [-0.4, -0.2) is 42.5 Å². The minimum atomic E-state index is -4.09. The van der Waals surface area contributed by atoms with Crippen LogP contribution in [-0.2, 0) is 10.1 Å². The fourth-order valence-electron chi connectivity index (χ4n) is 3.96. The average molecular weight is 449 g/mol. The molecule has 3 nitrogen and oxygen atoms in total. The van der Waals surface area contributed by atoms with Gasteiger partial charge in [0.05, 0.1) is 4.90 Å². The van der Waals surface area contributed by atoms with Crippen LogP contribution < -0.4 is 0 Å². The average Bonchev–Trinajstić information content (AvgIpc) is 2.70. The molecule has 1 N–H and O–H groups in total. The first-order valence-electron chi connectivity index (χ1n) is 12.0. The predicted molar refractivity (Wildman–Crippen MR) is 131 cm³/mol. The Morgan fingerprint density at radius 2 is 1.07 bits per heavy atom. The van der Waals surface area contributed by atoms with Crippen LogP contribution in [0.25, 0.3) is 0 Å². The van der Waals surface area contributed by atoms with Gasteiger partial charge in [0.15, 0.2) is 0 Å². The van der Waals surface area contributed by atoms with Crippen LogP contribution in [0.15, 0.2) is 29.2 Å². The standard InChI is InChI=1S/C25H44O3S.Na.H/c1-3-4-5-6-7-8-9-10-11-12-13-14-15-16-17-18-23(2)24-19-21-25(22-20-24)29(26,27)28;;/h19-23H,3-18H2,1-2H3,(H,26,27,28);;. The summed E-state index contributed by atoms with van der Waals surface area (Å²) in [6.07, 6.45) is 21.8. The van der Waals surface area contributed by atoms with Crippen LogP contribution in [0.1, 0.15) is 128 Å². The number of benzene rings is 1. The van der Waals surface area contributed by atoms with E-state index in [1.165, 1.54) is 108 Å². The van der Waals surface area contributed by atoms with Gasteiger partial charge >= 0.3 is 29.6 Å². The van der Waals surface area contributed by atoms with Gasteiger partial charge in [0.25, 0.3) is 10.1 Å². The molecule has 0 saturated heterocycles. The molecule has 0 aliphatic carbocycles. The molecule has 1 atom stereocenters. The molecule has 0 aliphatic heterocycles. The number of unbranched alkanes of at least 4 members (excludes halogenated alkanes) is 14. The predicted octanol–water partition coefficient (Wildman–Crippen LogP) is 7.65. The Morgan fingerprint density at radius 1 is 0.700 bits per heavy atom. The van der Waals surface area contributed by atoms with Gasteiger partial charge in [-0.3, -0.25) is 4.55 Å². The van der Waals surface area contributed by atoms with Crippen molar-refractivity contribution < 1.29 is 13.0 Å². The van der Waals surface area contributed by atoms with Crippen molar-refractivity contribution in [2.24, 2.45) is 0 Å². The van der Waals surface area contributed by atoms with Crippen LogP contribution in [0.5, 0.6) is 0 Å². The Hall–Kier alpha value is 0.130. The van der Waals surface area contributed by atoms with Gasteiger partial charge in [-0.2, -0.15) is 8.42 Å². The molecule has 1 rings (SSSR count). The summed E-state index contributed by atoms with van der Waals surface area (Å²) in [5.41, 5.74) is 1.14. The zero-order valence-electron chi connectivity index (χ0n) is 18.9. The molecule has 0 aromatic heterocycles. The van der Waals surface area contributed by atoms with Crippen molar-refractivity contribution in [3.8, 4) is 0 Å². The summed E-state index contributed by atoms with van der Waals surface area (Å²) >= 11 is 0. The van der Waals surface area contributed by atoms with Crippen molar-refractivity contribution in [2.75, 3.05) is 0 Å². The molecule has 0 heterocycles. The maximum absolute atomic E-state index is 11.1. The molecule has 0 spiro atoms. The first kappa shape index (κ1) is 30.1. The van der Waals surface area contributed by atoms with E-state index in [2.05, 4.69) is 13.8 Å². The van der Waals surface area contributed by atoms with E-state index in [-0.39, 0.29) is 34.5 Å². The third-order valence-corrected chi connectivity index (χ3v) is 6.86. The molecule has 0 aliphatic rings. The van der Waals surface area contributed by atoms with E-state index in [1.54, 1.807) is 0 Å². The molecule has 1 aromatic carbocycles. The van der Waals surface area contributed by atoms with E-state index in [0.29, 0.717) is 5.92 Å². The van der Waals surface area contributed by atoms with Crippen molar-refractivity contribution >= 4 is 39.7 Å². The molecule has 0 amide bonds. The molecule has 1 aromatic rings. The summed E-state index contributed by atoms with van der Waals surface area (Å²) in [7, 11) is -4.09. The van der Waals surface area contributed by atoms with Gasteiger partial charge in [0.2, 0.25) is 0 Å². The van der Waals surface area contributed by atoms with E-state index in [4.69, 9.17) is 4.55 Å². The zero-order valence-corrected chi connectivity index (χ0v) is 19.7. The van der Waals surface area contributed by atoms with E-state index >= 15 is 0 Å². The topological polar surface area (TPSA) is 54.4 Å². The summed E-state index contributed by atoms with van der Waals surface area (Å²) in [4.78, 5) is -0.0274. The zero-order chi connectivity index (χ0) is 21.4. The molecule has 0 bridgehead atoms. The Morgan fingerprint density at radius 3 is 1.43 bits per heavy atom. The molecule has 5 heteroatoms. The molecule has 170 valence electrons.